The van der Waals surface area contributed by atoms with Crippen molar-refractivity contribution < 1.29 is 0 Å². The molecule has 2 aliphatic rings. The van der Waals surface area contributed by atoms with Gasteiger partial charge in [-0.25, -0.2) is 0 Å². The summed E-state index contributed by atoms with van der Waals surface area (Å²) in [6.45, 7) is 0. The van der Waals surface area contributed by atoms with E-state index in [1.807, 2.05) is 0 Å². The van der Waals surface area contributed by atoms with E-state index >= 15 is 0 Å². The van der Waals surface area contributed by atoms with Crippen LogP contribution >= 0.6 is 0 Å². The molecule has 3 heterocycles. The minimum absolute atomic E-state index is 0.0122. The Morgan fingerprint density at radius 3 is 1.80 bits per heavy atom. The molecule has 0 amide bonds. The van der Waals surface area contributed by atoms with Crippen LogP contribution in [0.3, 0.4) is 0 Å². The molecular formula is C36H28N4. The second-order valence-electron chi connectivity index (χ2n) is 10.4. The summed E-state index contributed by atoms with van der Waals surface area (Å²) < 4.78 is 2.37. The van der Waals surface area contributed by atoms with Gasteiger partial charge in [-0.05, 0) is 59.2 Å². The van der Waals surface area contributed by atoms with Crippen LogP contribution in [0, 0.1) is 0 Å². The molecule has 0 radical (unpaired) electrons. The molecule has 5 aromatic carbocycles. The van der Waals surface area contributed by atoms with Crippen molar-refractivity contribution in [3.63, 3.8) is 0 Å². The van der Waals surface area contributed by atoms with E-state index in [1.54, 1.807) is 0 Å². The van der Waals surface area contributed by atoms with Crippen molar-refractivity contribution in [3.8, 4) is 5.69 Å². The van der Waals surface area contributed by atoms with Crippen LogP contribution in [0.5, 0.6) is 0 Å². The summed E-state index contributed by atoms with van der Waals surface area (Å²) in [5.41, 5.74) is 9.54. The third-order valence-electron chi connectivity index (χ3n) is 8.07. The lowest BCUT2D eigenvalue weighted by Crippen LogP contribution is -2.42. The van der Waals surface area contributed by atoms with Crippen molar-refractivity contribution in [2.24, 2.45) is 0 Å². The fraction of sp³-hybridized carbons (Fsp3) is 0.0556. The summed E-state index contributed by atoms with van der Waals surface area (Å²) in [5.74, 6) is 0. The van der Waals surface area contributed by atoms with Crippen LogP contribution in [-0.2, 0) is 0 Å². The summed E-state index contributed by atoms with van der Waals surface area (Å²) >= 11 is 0. The molecule has 6 aromatic rings. The zero-order valence-corrected chi connectivity index (χ0v) is 21.9. The van der Waals surface area contributed by atoms with Crippen molar-refractivity contribution in [2.75, 3.05) is 4.90 Å². The molecule has 0 saturated carbocycles. The maximum atomic E-state index is 3.85. The molecule has 2 N–H and O–H groups in total. The third-order valence-corrected chi connectivity index (χ3v) is 8.07. The highest BCUT2D eigenvalue weighted by Gasteiger charge is 2.39. The average molecular weight is 517 g/mol. The van der Waals surface area contributed by atoms with Gasteiger partial charge in [0.1, 0.15) is 12.3 Å². The first-order chi connectivity index (χ1) is 19.8. The summed E-state index contributed by atoms with van der Waals surface area (Å²) in [4.78, 5) is 2.43. The first-order valence-corrected chi connectivity index (χ1v) is 13.8. The third kappa shape index (κ3) is 3.61. The Labute approximate surface area is 233 Å². The smallest absolute Gasteiger partial charge is 0.142 e. The van der Waals surface area contributed by atoms with Crippen molar-refractivity contribution in [2.45, 2.75) is 12.3 Å². The molecule has 4 nitrogen and oxygen atoms in total. The Kier molecular flexibility index (Phi) is 5.23. The highest BCUT2D eigenvalue weighted by Crippen LogP contribution is 2.38. The van der Waals surface area contributed by atoms with Gasteiger partial charge in [0.05, 0.1) is 16.7 Å². The van der Waals surface area contributed by atoms with E-state index in [0.29, 0.717) is 0 Å². The van der Waals surface area contributed by atoms with Crippen molar-refractivity contribution in [1.29, 1.82) is 0 Å². The molecule has 40 heavy (non-hydrogen) atoms. The molecule has 1 saturated heterocycles. The van der Waals surface area contributed by atoms with E-state index < -0.39 is 0 Å². The zero-order valence-electron chi connectivity index (χ0n) is 21.9. The molecule has 0 aliphatic carbocycles. The lowest BCUT2D eigenvalue weighted by atomic mass is 10.0. The fourth-order valence-corrected chi connectivity index (χ4v) is 6.22. The molecule has 2 atom stereocenters. The van der Waals surface area contributed by atoms with Crippen molar-refractivity contribution in [3.05, 3.63) is 163 Å². The number of hydrogen-bond donors (Lipinski definition) is 2. The number of fused-ring (bicyclic) bond motifs is 4. The van der Waals surface area contributed by atoms with Crippen LogP contribution in [0.4, 0.5) is 5.69 Å². The Morgan fingerprint density at radius 2 is 1.12 bits per heavy atom. The minimum atomic E-state index is -0.0122. The maximum Gasteiger partial charge on any atom is 0.142 e. The number of dihydropyridines is 1. The largest absolute Gasteiger partial charge is 0.366 e. The van der Waals surface area contributed by atoms with Gasteiger partial charge in [-0.3, -0.25) is 0 Å². The quantitative estimate of drug-likeness (QED) is 0.251. The summed E-state index contributed by atoms with van der Waals surface area (Å²) in [7, 11) is 0. The lowest BCUT2D eigenvalue weighted by molar-refractivity contribution is 0.605. The molecule has 2 aliphatic heterocycles. The number of benzene rings is 5. The molecule has 2 unspecified atom stereocenters. The first-order valence-electron chi connectivity index (χ1n) is 13.8. The topological polar surface area (TPSA) is 32.2 Å². The minimum Gasteiger partial charge on any atom is -0.366 e. The van der Waals surface area contributed by atoms with E-state index in [4.69, 9.17) is 0 Å². The van der Waals surface area contributed by atoms with E-state index in [2.05, 4.69) is 166 Å². The van der Waals surface area contributed by atoms with Gasteiger partial charge < -0.3 is 20.1 Å². The predicted octanol–water partition coefficient (Wildman–Crippen LogP) is 7.75. The summed E-state index contributed by atoms with van der Waals surface area (Å²) in [6.07, 6.45) is 4.42. The number of rotatable bonds is 4. The van der Waals surface area contributed by atoms with Gasteiger partial charge in [0.25, 0.3) is 0 Å². The van der Waals surface area contributed by atoms with Crippen LogP contribution in [0.15, 0.2) is 151 Å². The molecule has 4 heteroatoms. The van der Waals surface area contributed by atoms with Gasteiger partial charge in [0, 0.05) is 28.3 Å². The highest BCUT2D eigenvalue weighted by atomic mass is 15.4. The maximum absolute atomic E-state index is 3.85. The number of nitrogens with one attached hydrogen (secondary N) is 2. The van der Waals surface area contributed by atoms with Crippen LogP contribution in [0.2, 0.25) is 0 Å². The highest BCUT2D eigenvalue weighted by molar-refractivity contribution is 6.09. The van der Waals surface area contributed by atoms with Crippen molar-refractivity contribution >= 4 is 33.1 Å². The number of hydrogen-bond acceptors (Lipinski definition) is 3. The zero-order chi connectivity index (χ0) is 26.5. The van der Waals surface area contributed by atoms with Gasteiger partial charge in [0.2, 0.25) is 0 Å². The van der Waals surface area contributed by atoms with Gasteiger partial charge >= 0.3 is 0 Å². The van der Waals surface area contributed by atoms with Crippen LogP contribution in [0.25, 0.3) is 33.1 Å². The average Bonchev–Trinajstić information content (AvgIpc) is 3.58. The molecule has 8 rings (SSSR count). The molecule has 0 spiro atoms. The molecule has 1 aromatic heterocycles. The standard InChI is InChI=1S/C36H28N4/c1-3-11-25(12-4-1)27-23-32-36(37-24-27)40(28-13-5-2-6-14-28)35(38-32)26-19-21-29(22-20-26)39-33-17-9-7-15-30(33)31-16-8-10-18-34(31)39/h1-24,35-38H. The Bertz CT molecular complexity index is 1850. The van der Waals surface area contributed by atoms with E-state index in [-0.39, 0.29) is 12.3 Å². The van der Waals surface area contributed by atoms with Gasteiger partial charge in [-0.2, -0.15) is 0 Å². The first kappa shape index (κ1) is 22.7. The molecule has 1 fully saturated rings. The second-order valence-corrected chi connectivity index (χ2v) is 10.4. The molecule has 192 valence electrons. The monoisotopic (exact) mass is 516 g/mol. The fourth-order valence-electron chi connectivity index (χ4n) is 6.22. The molecule has 0 bridgehead atoms. The number of allylic oxidation sites excluding steroid dienone is 2. The normalized spacial score (nSPS) is 18.1. The number of nitrogens with zero attached hydrogens (tertiary/aromatic N) is 2. The Hall–Kier alpha value is -5.22. The van der Waals surface area contributed by atoms with Crippen molar-refractivity contribution in [1.82, 2.24) is 15.2 Å². The Morgan fingerprint density at radius 1 is 0.525 bits per heavy atom. The van der Waals surface area contributed by atoms with E-state index in [0.717, 1.165) is 5.69 Å². The lowest BCUT2D eigenvalue weighted by Gasteiger charge is -2.32. The van der Waals surface area contributed by atoms with E-state index in [1.165, 1.54) is 49.9 Å². The SMILES string of the molecule is C1=C(c2ccccc2)C=C2NC(c3ccc(-n4c5ccccc5c5ccccc54)cc3)N(c3ccccc3)C2N1. The van der Waals surface area contributed by atoms with Gasteiger partial charge in [-0.15, -0.1) is 0 Å². The van der Waals surface area contributed by atoms with Crippen LogP contribution in [-0.4, -0.2) is 10.7 Å². The summed E-state index contributed by atoms with van der Waals surface area (Å²) in [5, 5.41) is 10.1. The van der Waals surface area contributed by atoms with Gasteiger partial charge in [-0.1, -0.05) is 97.1 Å². The van der Waals surface area contributed by atoms with Gasteiger partial charge in [0.15, 0.2) is 0 Å². The Balaban J connectivity index is 1.19. The number of para-hydroxylation sites is 3. The van der Waals surface area contributed by atoms with Crippen LogP contribution < -0.4 is 15.5 Å². The predicted molar refractivity (Wildman–Crippen MR) is 165 cm³/mol. The second kappa shape index (κ2) is 9.21. The number of aromatic nitrogens is 1. The molecular weight excluding hydrogens is 488 g/mol. The summed E-state index contributed by atoms with van der Waals surface area (Å²) in [6, 6.07) is 47.5. The van der Waals surface area contributed by atoms with Crippen LogP contribution in [0.1, 0.15) is 17.3 Å². The van der Waals surface area contributed by atoms with E-state index in [9.17, 15) is 0 Å². The number of anilines is 1.